The fourth-order valence-electron chi connectivity index (χ4n) is 4.08. The summed E-state index contributed by atoms with van der Waals surface area (Å²) in [6.07, 6.45) is 5.59. The molecular weight excluding hydrogens is 392 g/mol. The number of carbonyl (C=O) groups excluding carboxylic acids is 1. The summed E-state index contributed by atoms with van der Waals surface area (Å²) in [5.74, 6) is 2.80. The Morgan fingerprint density at radius 3 is 2.79 bits per heavy atom. The Hall–Kier alpha value is -1.58. The zero-order chi connectivity index (χ0) is 20.4. The van der Waals surface area contributed by atoms with Crippen LogP contribution in [-0.2, 0) is 36.3 Å². The SMILES string of the molecule is COCCC(=O)OC1CN(c2nc3c(c(N(C)C4CCOCC4)n2)[S+](C)CC3)C1. The molecule has 29 heavy (non-hydrogen) atoms. The molecule has 3 aliphatic rings. The molecule has 4 rings (SSSR count). The van der Waals surface area contributed by atoms with Crippen LogP contribution < -0.4 is 9.80 Å². The quantitative estimate of drug-likeness (QED) is 0.475. The van der Waals surface area contributed by atoms with E-state index in [0.29, 0.717) is 32.2 Å². The largest absolute Gasteiger partial charge is 0.459 e. The van der Waals surface area contributed by atoms with Crippen molar-refractivity contribution in [1.82, 2.24) is 9.97 Å². The summed E-state index contributed by atoms with van der Waals surface area (Å²) in [5.41, 5.74) is 1.19. The van der Waals surface area contributed by atoms with E-state index in [4.69, 9.17) is 24.2 Å². The van der Waals surface area contributed by atoms with E-state index in [1.807, 2.05) is 0 Å². The highest BCUT2D eigenvalue weighted by atomic mass is 32.2. The maximum atomic E-state index is 11.8. The Morgan fingerprint density at radius 2 is 2.07 bits per heavy atom. The summed E-state index contributed by atoms with van der Waals surface area (Å²) in [7, 11) is 3.94. The molecule has 2 saturated heterocycles. The number of carbonyl (C=O) groups is 1. The van der Waals surface area contributed by atoms with Gasteiger partial charge in [-0.1, -0.05) is 0 Å². The van der Waals surface area contributed by atoms with Crippen molar-refractivity contribution in [2.75, 3.05) is 68.9 Å². The van der Waals surface area contributed by atoms with Crippen LogP contribution in [-0.4, -0.2) is 87.2 Å². The number of rotatable bonds is 7. The van der Waals surface area contributed by atoms with Crippen molar-refractivity contribution < 1.29 is 19.0 Å². The predicted octanol–water partition coefficient (Wildman–Crippen LogP) is 1.02. The molecule has 1 atom stereocenters. The van der Waals surface area contributed by atoms with Gasteiger partial charge in [-0.3, -0.25) is 4.79 Å². The van der Waals surface area contributed by atoms with E-state index in [-0.39, 0.29) is 23.0 Å². The van der Waals surface area contributed by atoms with Gasteiger partial charge in [-0.05, 0) is 12.8 Å². The maximum Gasteiger partial charge on any atom is 0.308 e. The minimum absolute atomic E-state index is 0.0892. The lowest BCUT2D eigenvalue weighted by Gasteiger charge is -2.39. The molecule has 0 aromatic carbocycles. The van der Waals surface area contributed by atoms with Crippen molar-refractivity contribution >= 4 is 28.6 Å². The number of aryl methyl sites for hydroxylation is 1. The van der Waals surface area contributed by atoms with Gasteiger partial charge in [0.15, 0.2) is 5.82 Å². The number of methoxy groups -OCH3 is 1. The van der Waals surface area contributed by atoms with E-state index in [1.165, 1.54) is 10.6 Å². The number of hydrogen-bond acceptors (Lipinski definition) is 8. The van der Waals surface area contributed by atoms with Gasteiger partial charge >= 0.3 is 5.97 Å². The van der Waals surface area contributed by atoms with Crippen molar-refractivity contribution in [2.45, 2.75) is 42.7 Å². The fraction of sp³-hybridized carbons (Fsp3) is 0.750. The van der Waals surface area contributed by atoms with Crippen LogP contribution in [0, 0.1) is 0 Å². The highest BCUT2D eigenvalue weighted by Crippen LogP contribution is 2.36. The van der Waals surface area contributed by atoms with Crippen molar-refractivity contribution in [3.05, 3.63) is 5.69 Å². The lowest BCUT2D eigenvalue weighted by molar-refractivity contribution is -0.151. The molecule has 4 heterocycles. The number of fused-ring (bicyclic) bond motifs is 1. The van der Waals surface area contributed by atoms with E-state index in [2.05, 4.69) is 23.1 Å². The molecule has 0 radical (unpaired) electrons. The maximum absolute atomic E-state index is 11.8. The van der Waals surface area contributed by atoms with Crippen LogP contribution in [0.4, 0.5) is 11.8 Å². The second-order valence-electron chi connectivity index (χ2n) is 7.93. The van der Waals surface area contributed by atoms with E-state index >= 15 is 0 Å². The fourth-order valence-corrected chi connectivity index (χ4v) is 5.84. The van der Waals surface area contributed by atoms with Crippen molar-refractivity contribution in [3.63, 3.8) is 0 Å². The van der Waals surface area contributed by atoms with Crippen LogP contribution in [0.2, 0.25) is 0 Å². The summed E-state index contributed by atoms with van der Waals surface area (Å²) < 4.78 is 16.0. The Labute approximate surface area is 175 Å². The van der Waals surface area contributed by atoms with Crippen LogP contribution in [0.5, 0.6) is 0 Å². The van der Waals surface area contributed by atoms with Gasteiger partial charge in [0.2, 0.25) is 10.8 Å². The van der Waals surface area contributed by atoms with Crippen molar-refractivity contribution in [3.8, 4) is 0 Å². The first kappa shape index (κ1) is 20.7. The minimum atomic E-state index is -0.207. The van der Waals surface area contributed by atoms with Crippen molar-refractivity contribution in [2.24, 2.45) is 0 Å². The number of aromatic nitrogens is 2. The zero-order valence-corrected chi connectivity index (χ0v) is 18.4. The number of nitrogens with zero attached hydrogens (tertiary/aromatic N) is 4. The summed E-state index contributed by atoms with van der Waals surface area (Å²) in [6, 6.07) is 0.457. The van der Waals surface area contributed by atoms with Crippen LogP contribution in [0.15, 0.2) is 4.90 Å². The molecule has 1 aromatic rings. The Bertz CT molecular complexity index is 737. The van der Waals surface area contributed by atoms with Gasteiger partial charge in [-0.15, -0.1) is 0 Å². The normalized spacial score (nSPS) is 22.3. The van der Waals surface area contributed by atoms with E-state index in [1.54, 1.807) is 7.11 Å². The Morgan fingerprint density at radius 1 is 1.31 bits per heavy atom. The number of hydrogen-bond donors (Lipinski definition) is 0. The van der Waals surface area contributed by atoms with Crippen LogP contribution in [0.25, 0.3) is 0 Å². The standard InChI is InChI=1S/C20H31N4O4S/c1-23(14-4-9-27-10-5-14)19-18-16(7-11-29(18)3)21-20(22-19)24-12-15(13-24)28-17(25)6-8-26-2/h14-15H,4-13H2,1-3H3/q+1. The molecule has 0 saturated carbocycles. The van der Waals surface area contributed by atoms with Gasteiger partial charge in [0.1, 0.15) is 23.8 Å². The number of ether oxygens (including phenoxy) is 3. The molecule has 2 fully saturated rings. The predicted molar refractivity (Wildman–Crippen MR) is 113 cm³/mol. The monoisotopic (exact) mass is 423 g/mol. The molecule has 1 unspecified atom stereocenters. The molecule has 0 amide bonds. The van der Waals surface area contributed by atoms with E-state index in [0.717, 1.165) is 50.0 Å². The summed E-state index contributed by atoms with van der Waals surface area (Å²) in [5, 5.41) is 0. The molecule has 0 bridgehead atoms. The highest BCUT2D eigenvalue weighted by Gasteiger charge is 2.39. The average molecular weight is 424 g/mol. The Balaban J connectivity index is 1.47. The third kappa shape index (κ3) is 4.46. The van der Waals surface area contributed by atoms with Gasteiger partial charge in [-0.2, -0.15) is 4.98 Å². The molecule has 9 heteroatoms. The van der Waals surface area contributed by atoms with Gasteiger partial charge in [0, 0.05) is 50.7 Å². The third-order valence-corrected chi connectivity index (χ3v) is 7.84. The first-order valence-electron chi connectivity index (χ1n) is 10.3. The molecule has 0 aliphatic carbocycles. The van der Waals surface area contributed by atoms with E-state index < -0.39 is 0 Å². The molecular formula is C20H31N4O4S+. The smallest absolute Gasteiger partial charge is 0.308 e. The summed E-state index contributed by atoms with van der Waals surface area (Å²) >= 11 is 0. The first-order valence-corrected chi connectivity index (χ1v) is 12.1. The first-order chi connectivity index (χ1) is 14.1. The molecule has 160 valence electrons. The van der Waals surface area contributed by atoms with Crippen LogP contribution >= 0.6 is 0 Å². The second-order valence-corrected chi connectivity index (χ2v) is 10.0. The summed E-state index contributed by atoms with van der Waals surface area (Å²) in [4.78, 5) is 27.5. The lowest BCUT2D eigenvalue weighted by Crippen LogP contribution is -2.54. The average Bonchev–Trinajstić information content (AvgIpc) is 3.09. The number of anilines is 2. The van der Waals surface area contributed by atoms with Gasteiger partial charge < -0.3 is 24.0 Å². The van der Waals surface area contributed by atoms with E-state index in [9.17, 15) is 4.79 Å². The lowest BCUT2D eigenvalue weighted by atomic mass is 10.1. The summed E-state index contributed by atoms with van der Waals surface area (Å²) in [6.45, 7) is 3.32. The van der Waals surface area contributed by atoms with Gasteiger partial charge in [-0.25, -0.2) is 4.98 Å². The second kappa shape index (κ2) is 9.06. The van der Waals surface area contributed by atoms with Gasteiger partial charge in [0.05, 0.1) is 26.1 Å². The third-order valence-electron chi connectivity index (χ3n) is 5.91. The number of esters is 1. The highest BCUT2D eigenvalue weighted by molar-refractivity contribution is 7.96. The molecule has 0 spiro atoms. The molecule has 1 aromatic heterocycles. The van der Waals surface area contributed by atoms with Crippen LogP contribution in [0.3, 0.4) is 0 Å². The minimum Gasteiger partial charge on any atom is -0.459 e. The van der Waals surface area contributed by atoms with Gasteiger partial charge in [0.25, 0.3) is 0 Å². The topological polar surface area (TPSA) is 77.0 Å². The molecule has 0 N–H and O–H groups in total. The van der Waals surface area contributed by atoms with Crippen molar-refractivity contribution in [1.29, 1.82) is 0 Å². The molecule has 3 aliphatic heterocycles. The Kier molecular flexibility index (Phi) is 6.46. The molecule has 8 nitrogen and oxygen atoms in total. The van der Waals surface area contributed by atoms with Crippen LogP contribution in [0.1, 0.15) is 25.0 Å². The zero-order valence-electron chi connectivity index (χ0n) is 17.6.